The first-order valence-electron chi connectivity index (χ1n) is 12.2. The molecule has 0 aliphatic rings. The van der Waals surface area contributed by atoms with Crippen molar-refractivity contribution in [2.45, 2.75) is 97.0 Å². The van der Waals surface area contributed by atoms with E-state index in [1.54, 1.807) is 12.1 Å². The number of hydrogen-bond donors (Lipinski definition) is 0. The van der Waals surface area contributed by atoms with E-state index in [1.807, 2.05) is 18.2 Å². The van der Waals surface area contributed by atoms with Crippen molar-refractivity contribution in [3.8, 4) is 5.75 Å². The van der Waals surface area contributed by atoms with Crippen molar-refractivity contribution >= 4 is 30.9 Å². The summed E-state index contributed by atoms with van der Waals surface area (Å²) in [6.07, 6.45) is 10.5. The highest BCUT2D eigenvalue weighted by Gasteiger charge is 2.20. The molecule has 0 N–H and O–H groups in total. The van der Waals surface area contributed by atoms with Crippen LogP contribution in [0, 0.1) is 0 Å². The molecule has 1 unspecified atom stereocenters. The van der Waals surface area contributed by atoms with Crippen LogP contribution in [0.25, 0.3) is 0 Å². The minimum absolute atomic E-state index is 0.00656. The van der Waals surface area contributed by atoms with Crippen LogP contribution in [-0.4, -0.2) is 31.3 Å². The minimum atomic E-state index is -1.73. The zero-order valence-electron chi connectivity index (χ0n) is 20.1. The maximum Gasteiger partial charge on any atom is 0.338 e. The Morgan fingerprint density at radius 3 is 2.00 bits per heavy atom. The molecule has 1 aromatic rings. The molecule has 8 heteroatoms. The van der Waals surface area contributed by atoms with Crippen LogP contribution in [0.1, 0.15) is 90.9 Å². The Morgan fingerprint density at radius 2 is 1.39 bits per heavy atom. The van der Waals surface area contributed by atoms with Gasteiger partial charge in [-0.1, -0.05) is 83.4 Å². The molecular weight excluding hydrogens is 463 g/mol. The van der Waals surface area contributed by atoms with E-state index in [0.717, 1.165) is 51.4 Å². The molecule has 0 aliphatic heterocycles. The third-order valence-electron chi connectivity index (χ3n) is 4.98. The van der Waals surface area contributed by atoms with Crippen molar-refractivity contribution in [3.63, 3.8) is 0 Å². The van der Waals surface area contributed by atoms with E-state index in [9.17, 15) is 9.59 Å². The van der Waals surface area contributed by atoms with Crippen molar-refractivity contribution in [1.29, 1.82) is 0 Å². The fourth-order valence-electron chi connectivity index (χ4n) is 3.10. The van der Waals surface area contributed by atoms with E-state index >= 15 is 0 Å². The average Bonchev–Trinajstić information content (AvgIpc) is 2.81. The summed E-state index contributed by atoms with van der Waals surface area (Å²) in [5.41, 5.74) is 0. The van der Waals surface area contributed by atoms with Crippen LogP contribution in [-0.2, 0) is 23.6 Å². The summed E-state index contributed by atoms with van der Waals surface area (Å²) >= 11 is 6.17. The van der Waals surface area contributed by atoms with Crippen LogP contribution in [0.2, 0.25) is 0 Å². The monoisotopic (exact) mass is 502 g/mol. The van der Waals surface area contributed by atoms with E-state index in [2.05, 4.69) is 13.8 Å². The van der Waals surface area contributed by atoms with E-state index in [4.69, 9.17) is 29.8 Å². The number of rotatable bonds is 20. The Balaban J connectivity index is 2.44. The second-order valence-electron chi connectivity index (χ2n) is 8.04. The number of halogens is 1. The standard InChI is InChI=1S/C25H40ClO6P/c1-3-5-7-9-14-18-24(27)29-20-23(31-25(28)19-15-10-8-6-4-2)21-30-33(26)32-22-16-12-11-13-17-22/h11-13,16-17,23H,3-10,14-15,18-21H2,1-2H3/t23-,33?/m0/s1. The number of carbonyl (C=O) groups is 2. The number of benzene rings is 1. The van der Waals surface area contributed by atoms with Gasteiger partial charge in [0.2, 0.25) is 0 Å². The Hall–Kier alpha value is -1.36. The third-order valence-corrected chi connectivity index (χ3v) is 6.19. The molecule has 0 radical (unpaired) electrons. The van der Waals surface area contributed by atoms with Gasteiger partial charge in [-0.2, -0.15) is 0 Å². The van der Waals surface area contributed by atoms with E-state index < -0.39 is 13.8 Å². The number of ether oxygens (including phenoxy) is 2. The molecule has 1 aromatic carbocycles. The minimum Gasteiger partial charge on any atom is -0.462 e. The molecule has 0 aliphatic carbocycles. The topological polar surface area (TPSA) is 71.1 Å². The second-order valence-corrected chi connectivity index (χ2v) is 9.73. The molecule has 0 bridgehead atoms. The number of hydrogen-bond acceptors (Lipinski definition) is 6. The lowest BCUT2D eigenvalue weighted by molar-refractivity contribution is -0.161. The van der Waals surface area contributed by atoms with Crippen LogP contribution >= 0.6 is 19.0 Å². The smallest absolute Gasteiger partial charge is 0.338 e. The van der Waals surface area contributed by atoms with E-state index in [1.165, 1.54) is 12.8 Å². The normalized spacial score (nSPS) is 12.7. The average molecular weight is 503 g/mol. The summed E-state index contributed by atoms with van der Waals surface area (Å²) in [6, 6.07) is 9.10. The highest BCUT2D eigenvalue weighted by Crippen LogP contribution is 2.44. The lowest BCUT2D eigenvalue weighted by Gasteiger charge is -2.19. The molecule has 0 spiro atoms. The van der Waals surface area contributed by atoms with Gasteiger partial charge in [0.05, 0.1) is 6.61 Å². The predicted molar refractivity (Wildman–Crippen MR) is 133 cm³/mol. The van der Waals surface area contributed by atoms with Crippen molar-refractivity contribution in [1.82, 2.24) is 0 Å². The number of esters is 2. The van der Waals surface area contributed by atoms with Gasteiger partial charge in [0.25, 0.3) is 0 Å². The zero-order valence-corrected chi connectivity index (χ0v) is 21.8. The van der Waals surface area contributed by atoms with Crippen LogP contribution in [0.15, 0.2) is 30.3 Å². The molecule has 0 heterocycles. The van der Waals surface area contributed by atoms with Gasteiger partial charge < -0.3 is 18.5 Å². The second kappa shape index (κ2) is 20.1. The van der Waals surface area contributed by atoms with Gasteiger partial charge in [0.1, 0.15) is 12.4 Å². The highest BCUT2D eigenvalue weighted by molar-refractivity contribution is 7.76. The van der Waals surface area contributed by atoms with Gasteiger partial charge >= 0.3 is 19.7 Å². The summed E-state index contributed by atoms with van der Waals surface area (Å²) in [4.78, 5) is 24.3. The van der Waals surface area contributed by atoms with Gasteiger partial charge in [0.15, 0.2) is 6.10 Å². The molecule has 188 valence electrons. The Labute approximate surface area is 205 Å². The summed E-state index contributed by atoms with van der Waals surface area (Å²) in [5.74, 6) is -0.0203. The summed E-state index contributed by atoms with van der Waals surface area (Å²) in [6.45, 7) is 4.24. The molecule has 33 heavy (non-hydrogen) atoms. The fraction of sp³-hybridized carbons (Fsp3) is 0.680. The zero-order chi connectivity index (χ0) is 24.2. The lowest BCUT2D eigenvalue weighted by atomic mass is 10.1. The maximum atomic E-state index is 12.3. The predicted octanol–water partition coefficient (Wildman–Crippen LogP) is 7.72. The van der Waals surface area contributed by atoms with E-state index in [0.29, 0.717) is 18.6 Å². The Bertz CT molecular complexity index is 631. The SMILES string of the molecule is CCCCCCCC(=O)OC[C@@H](COP(Cl)Oc1ccccc1)OC(=O)CCCCCCC. The molecule has 0 fully saturated rings. The first-order valence-corrected chi connectivity index (χ1v) is 14.3. The largest absolute Gasteiger partial charge is 0.462 e. The molecule has 1 rings (SSSR count). The number of para-hydroxylation sites is 1. The van der Waals surface area contributed by atoms with Gasteiger partial charge in [-0.25, -0.2) is 0 Å². The van der Waals surface area contributed by atoms with Crippen molar-refractivity contribution in [2.24, 2.45) is 0 Å². The molecule has 0 amide bonds. The van der Waals surface area contributed by atoms with E-state index in [-0.39, 0.29) is 25.2 Å². The first kappa shape index (κ1) is 29.7. The van der Waals surface area contributed by atoms with Crippen molar-refractivity contribution in [2.75, 3.05) is 13.2 Å². The summed E-state index contributed by atoms with van der Waals surface area (Å²) in [7, 11) is -1.73. The van der Waals surface area contributed by atoms with Gasteiger partial charge in [0, 0.05) is 12.8 Å². The molecule has 2 atom stereocenters. The Kier molecular flexibility index (Phi) is 18.0. The van der Waals surface area contributed by atoms with Crippen LogP contribution in [0.4, 0.5) is 0 Å². The fourth-order valence-corrected chi connectivity index (χ4v) is 4.13. The Morgan fingerprint density at radius 1 is 0.818 bits per heavy atom. The lowest BCUT2D eigenvalue weighted by Crippen LogP contribution is -2.29. The first-order chi connectivity index (χ1) is 16.0. The number of unbranched alkanes of at least 4 members (excludes halogenated alkanes) is 8. The molecule has 0 aromatic heterocycles. The van der Waals surface area contributed by atoms with Crippen LogP contribution < -0.4 is 4.52 Å². The van der Waals surface area contributed by atoms with Crippen LogP contribution in [0.5, 0.6) is 5.75 Å². The quantitative estimate of drug-likeness (QED) is 0.103. The van der Waals surface area contributed by atoms with Gasteiger partial charge in [-0.05, 0) is 36.2 Å². The summed E-state index contributed by atoms with van der Waals surface area (Å²) < 4.78 is 22.0. The third kappa shape index (κ3) is 16.8. The molecular formula is C25H40ClO6P. The summed E-state index contributed by atoms with van der Waals surface area (Å²) in [5, 5.41) is 0. The van der Waals surface area contributed by atoms with Crippen molar-refractivity contribution in [3.05, 3.63) is 30.3 Å². The molecule has 0 saturated carbocycles. The maximum absolute atomic E-state index is 12.3. The van der Waals surface area contributed by atoms with Gasteiger partial charge in [-0.3, -0.25) is 9.59 Å². The molecule has 6 nitrogen and oxygen atoms in total. The highest BCUT2D eigenvalue weighted by atomic mass is 35.7. The van der Waals surface area contributed by atoms with Crippen LogP contribution in [0.3, 0.4) is 0 Å². The molecule has 0 saturated heterocycles. The number of carbonyl (C=O) groups excluding carboxylic acids is 2. The van der Waals surface area contributed by atoms with Gasteiger partial charge in [-0.15, -0.1) is 0 Å². The van der Waals surface area contributed by atoms with Crippen molar-refractivity contribution < 1.29 is 28.1 Å².